The van der Waals surface area contributed by atoms with Crippen LogP contribution in [0.2, 0.25) is 5.02 Å². The van der Waals surface area contributed by atoms with Crippen molar-refractivity contribution in [1.82, 2.24) is 5.32 Å². The number of carbonyl (C=O) groups excluding carboxylic acids is 2. The van der Waals surface area contributed by atoms with Gasteiger partial charge in [0.2, 0.25) is 5.91 Å². The van der Waals surface area contributed by atoms with Gasteiger partial charge in [0.05, 0.1) is 0 Å². The van der Waals surface area contributed by atoms with Crippen molar-refractivity contribution in [1.29, 1.82) is 5.26 Å². The van der Waals surface area contributed by atoms with Gasteiger partial charge in [0.15, 0.2) is 0 Å². The van der Waals surface area contributed by atoms with Crippen LogP contribution in [0, 0.1) is 11.3 Å². The second-order valence-corrected chi connectivity index (χ2v) is 8.10. The maximum absolute atomic E-state index is 13.5. The van der Waals surface area contributed by atoms with E-state index in [9.17, 15) is 14.9 Å². The van der Waals surface area contributed by atoms with E-state index in [2.05, 4.69) is 5.32 Å². The number of halogens is 1. The molecule has 1 unspecified atom stereocenters. The number of hydrogen-bond donors (Lipinski definition) is 1. The third kappa shape index (κ3) is 3.83. The van der Waals surface area contributed by atoms with Crippen molar-refractivity contribution in [2.45, 2.75) is 44.2 Å². The number of nitriles is 1. The van der Waals surface area contributed by atoms with Crippen molar-refractivity contribution in [2.75, 3.05) is 4.90 Å². The van der Waals surface area contributed by atoms with E-state index < -0.39 is 11.9 Å². The summed E-state index contributed by atoms with van der Waals surface area (Å²) in [5.74, 6) is -0.748. The number of rotatable bonds is 4. The Labute approximate surface area is 180 Å². The molecule has 0 radical (unpaired) electrons. The smallest absolute Gasteiger partial charge is 0.270 e. The molecule has 152 valence electrons. The fraction of sp³-hybridized carbons (Fsp3) is 0.292. The highest BCUT2D eigenvalue weighted by molar-refractivity contribution is 6.31. The SMILES string of the molecule is N#CC1=C(c2ccccc2)C(C(=O)NC2CCCCC2)N(c2cccc(Cl)c2)C1=O. The van der Waals surface area contributed by atoms with Gasteiger partial charge in [-0.25, -0.2) is 0 Å². The highest BCUT2D eigenvalue weighted by Gasteiger charge is 2.45. The zero-order chi connectivity index (χ0) is 21.1. The molecule has 6 heteroatoms. The number of amides is 2. The lowest BCUT2D eigenvalue weighted by Crippen LogP contribution is -2.50. The van der Waals surface area contributed by atoms with E-state index in [4.69, 9.17) is 11.6 Å². The zero-order valence-corrected chi connectivity index (χ0v) is 17.2. The Bertz CT molecular complexity index is 1040. The number of carbonyl (C=O) groups is 2. The van der Waals surface area contributed by atoms with E-state index in [0.717, 1.165) is 25.7 Å². The predicted molar refractivity (Wildman–Crippen MR) is 117 cm³/mol. The monoisotopic (exact) mass is 419 g/mol. The average molecular weight is 420 g/mol. The number of anilines is 1. The Morgan fingerprint density at radius 2 is 1.80 bits per heavy atom. The molecular formula is C24H22ClN3O2. The average Bonchev–Trinajstić information content (AvgIpc) is 3.07. The van der Waals surface area contributed by atoms with Crippen LogP contribution in [-0.4, -0.2) is 23.9 Å². The highest BCUT2D eigenvalue weighted by Crippen LogP contribution is 2.38. The van der Waals surface area contributed by atoms with Gasteiger partial charge in [0.25, 0.3) is 5.91 Å². The molecular weight excluding hydrogens is 398 g/mol. The number of nitrogens with one attached hydrogen (secondary N) is 1. The first kappa shape index (κ1) is 20.2. The van der Waals surface area contributed by atoms with E-state index in [1.165, 1.54) is 11.3 Å². The molecule has 1 aliphatic carbocycles. The Morgan fingerprint density at radius 1 is 1.07 bits per heavy atom. The summed E-state index contributed by atoms with van der Waals surface area (Å²) in [6.45, 7) is 0. The molecule has 0 aromatic heterocycles. The summed E-state index contributed by atoms with van der Waals surface area (Å²) in [5, 5.41) is 13.4. The van der Waals surface area contributed by atoms with Crippen molar-refractivity contribution in [2.24, 2.45) is 0 Å². The molecule has 2 amide bonds. The van der Waals surface area contributed by atoms with Gasteiger partial charge in [-0.3, -0.25) is 14.5 Å². The third-order valence-corrected chi connectivity index (χ3v) is 5.95. The van der Waals surface area contributed by atoms with Crippen LogP contribution in [-0.2, 0) is 9.59 Å². The van der Waals surface area contributed by atoms with Gasteiger partial charge < -0.3 is 5.32 Å². The largest absolute Gasteiger partial charge is 0.351 e. The summed E-state index contributed by atoms with van der Waals surface area (Å²) in [4.78, 5) is 28.1. The lowest BCUT2D eigenvalue weighted by atomic mass is 9.93. The fourth-order valence-corrected chi connectivity index (χ4v) is 4.50. The van der Waals surface area contributed by atoms with Crippen molar-refractivity contribution < 1.29 is 9.59 Å². The summed E-state index contributed by atoms with van der Waals surface area (Å²) in [6.07, 6.45) is 5.20. The first-order valence-electron chi connectivity index (χ1n) is 10.2. The Balaban J connectivity index is 1.79. The van der Waals surface area contributed by atoms with E-state index in [-0.39, 0.29) is 17.5 Å². The van der Waals surface area contributed by atoms with Gasteiger partial charge >= 0.3 is 0 Å². The third-order valence-electron chi connectivity index (χ3n) is 5.72. The second kappa shape index (κ2) is 8.73. The van der Waals surface area contributed by atoms with Crippen molar-refractivity contribution in [3.63, 3.8) is 0 Å². The van der Waals surface area contributed by atoms with E-state index in [0.29, 0.717) is 21.8 Å². The molecule has 1 heterocycles. The predicted octanol–water partition coefficient (Wildman–Crippen LogP) is 4.48. The topological polar surface area (TPSA) is 73.2 Å². The first-order valence-corrected chi connectivity index (χ1v) is 10.6. The van der Waals surface area contributed by atoms with Crippen LogP contribution in [0.4, 0.5) is 5.69 Å². The van der Waals surface area contributed by atoms with Crippen LogP contribution in [0.3, 0.4) is 0 Å². The normalized spacial score (nSPS) is 19.7. The minimum absolute atomic E-state index is 0.00929. The molecule has 1 N–H and O–H groups in total. The molecule has 2 aromatic carbocycles. The molecule has 0 saturated heterocycles. The molecule has 1 fully saturated rings. The summed E-state index contributed by atoms with van der Waals surface area (Å²) in [7, 11) is 0. The molecule has 5 nitrogen and oxygen atoms in total. The van der Waals surface area contributed by atoms with E-state index in [1.807, 2.05) is 36.4 Å². The fourth-order valence-electron chi connectivity index (χ4n) is 4.31. The highest BCUT2D eigenvalue weighted by atomic mass is 35.5. The van der Waals surface area contributed by atoms with E-state index >= 15 is 0 Å². The lowest BCUT2D eigenvalue weighted by Gasteiger charge is -2.30. The van der Waals surface area contributed by atoms with Crippen LogP contribution < -0.4 is 10.2 Å². The minimum Gasteiger partial charge on any atom is -0.351 e. The van der Waals surface area contributed by atoms with Crippen molar-refractivity contribution in [3.8, 4) is 6.07 Å². The van der Waals surface area contributed by atoms with Gasteiger partial charge in [-0.1, -0.05) is 67.3 Å². The van der Waals surface area contributed by atoms with E-state index in [1.54, 1.807) is 24.3 Å². The number of benzene rings is 2. The first-order chi connectivity index (χ1) is 14.6. The van der Waals surface area contributed by atoms with Crippen molar-refractivity contribution >= 4 is 34.7 Å². The van der Waals surface area contributed by atoms with Crippen LogP contribution in [0.1, 0.15) is 37.7 Å². The van der Waals surface area contributed by atoms with Gasteiger partial charge in [0, 0.05) is 22.3 Å². The summed E-state index contributed by atoms with van der Waals surface area (Å²) in [6, 6.07) is 17.2. The zero-order valence-electron chi connectivity index (χ0n) is 16.5. The molecule has 1 saturated carbocycles. The number of hydrogen-bond acceptors (Lipinski definition) is 3. The Hall–Kier alpha value is -3.10. The Kier molecular flexibility index (Phi) is 5.87. The van der Waals surface area contributed by atoms with Gasteiger partial charge in [-0.15, -0.1) is 0 Å². The maximum Gasteiger partial charge on any atom is 0.270 e. The standard InChI is InChI=1S/C24H22ClN3O2/c25-17-10-7-13-19(14-17)28-22(23(29)27-18-11-5-2-6-12-18)21(20(15-26)24(28)30)16-8-3-1-4-9-16/h1,3-4,7-10,13-14,18,22H,2,5-6,11-12H2,(H,27,29). The minimum atomic E-state index is -0.921. The quantitative estimate of drug-likeness (QED) is 0.793. The molecule has 1 atom stereocenters. The van der Waals surface area contributed by atoms with Gasteiger partial charge in [-0.05, 0) is 36.6 Å². The molecule has 4 rings (SSSR count). The summed E-state index contributed by atoms with van der Waals surface area (Å²) >= 11 is 6.16. The molecule has 2 aliphatic rings. The molecule has 1 aliphatic heterocycles. The number of nitrogens with zero attached hydrogens (tertiary/aromatic N) is 2. The molecule has 0 bridgehead atoms. The summed E-state index contributed by atoms with van der Waals surface area (Å²) < 4.78 is 0. The van der Waals surface area contributed by atoms with Gasteiger partial charge in [0.1, 0.15) is 17.7 Å². The van der Waals surface area contributed by atoms with Crippen LogP contribution in [0.5, 0.6) is 0 Å². The second-order valence-electron chi connectivity index (χ2n) is 7.67. The van der Waals surface area contributed by atoms with Gasteiger partial charge in [-0.2, -0.15) is 5.26 Å². The Morgan fingerprint density at radius 3 is 2.47 bits per heavy atom. The molecule has 2 aromatic rings. The molecule has 0 spiro atoms. The maximum atomic E-state index is 13.5. The van der Waals surface area contributed by atoms with Crippen LogP contribution in [0.15, 0.2) is 60.2 Å². The van der Waals surface area contributed by atoms with Crippen LogP contribution >= 0.6 is 11.6 Å². The summed E-state index contributed by atoms with van der Waals surface area (Å²) in [5.41, 5.74) is 1.62. The molecule has 30 heavy (non-hydrogen) atoms. The van der Waals surface area contributed by atoms with Crippen LogP contribution in [0.25, 0.3) is 5.57 Å². The lowest BCUT2D eigenvalue weighted by molar-refractivity contribution is -0.124. The van der Waals surface area contributed by atoms with Crippen molar-refractivity contribution in [3.05, 3.63) is 70.8 Å².